The Morgan fingerprint density at radius 3 is 2.27 bits per heavy atom. The van der Waals surface area contributed by atoms with E-state index in [9.17, 15) is 38.5 Å². The maximum atomic E-state index is 10.5. The van der Waals surface area contributed by atoms with Crippen LogP contribution in [0.5, 0.6) is 0 Å². The third kappa shape index (κ3) is 5.26. The lowest BCUT2D eigenvalue weighted by atomic mass is 10.1. The Labute approximate surface area is 130 Å². The number of aliphatic hydroxyl groups is 6. The van der Waals surface area contributed by atoms with Crippen molar-refractivity contribution in [1.82, 2.24) is 0 Å². The van der Waals surface area contributed by atoms with E-state index < -0.39 is 70.3 Å². The monoisotopic (exact) mass is 364 g/mol. The van der Waals surface area contributed by atoms with Crippen molar-refractivity contribution in [2.75, 3.05) is 24.7 Å². The van der Waals surface area contributed by atoms with Crippen LogP contribution >= 0.6 is 0 Å². The maximum Gasteiger partial charge on any atom is 0.218 e. The molecule has 1 fully saturated rings. The minimum absolute atomic E-state index is 0.0389. The van der Waals surface area contributed by atoms with E-state index in [2.05, 4.69) is 4.18 Å². The van der Waals surface area contributed by atoms with E-state index in [0.29, 0.717) is 0 Å². The predicted octanol–water partition coefficient (Wildman–Crippen LogP) is -4.74. The zero-order valence-electron chi connectivity index (χ0n) is 11.4. The van der Waals surface area contributed by atoms with Crippen molar-refractivity contribution in [3.8, 4) is 0 Å². The Kier molecular flexibility index (Phi) is 7.45. The first-order valence-corrected chi connectivity index (χ1v) is 9.31. The molecule has 1 aliphatic rings. The van der Waals surface area contributed by atoms with Gasteiger partial charge in [-0.25, -0.2) is 8.42 Å². The standard InChI is InChI=1S/C10H20O10S2/c11-1-7(20-22(17,18)19)5(13)3-21-4-6(14)9(15)10(16)8(21)2-12/h5-16H,1-4H2/t5-,6+,7+,8-,9-,10-,21?/m1/s1. The first-order chi connectivity index (χ1) is 10.1. The largest absolute Gasteiger partial charge is 0.726 e. The van der Waals surface area contributed by atoms with Crippen molar-refractivity contribution in [3.63, 3.8) is 0 Å². The molecule has 1 heterocycles. The van der Waals surface area contributed by atoms with Crippen LogP contribution in [0.2, 0.25) is 0 Å². The maximum absolute atomic E-state index is 10.5. The minimum atomic E-state index is -5.13. The van der Waals surface area contributed by atoms with Crippen LogP contribution in [0.4, 0.5) is 0 Å². The van der Waals surface area contributed by atoms with Gasteiger partial charge in [-0.15, -0.1) is 0 Å². The third-order valence-corrected chi connectivity index (χ3v) is 6.66. The molecular weight excluding hydrogens is 344 g/mol. The van der Waals surface area contributed by atoms with Gasteiger partial charge in [-0.3, -0.25) is 4.18 Å². The van der Waals surface area contributed by atoms with Crippen molar-refractivity contribution >= 4 is 21.3 Å². The lowest BCUT2D eigenvalue weighted by molar-refractivity contribution is -0.0611. The highest BCUT2D eigenvalue weighted by molar-refractivity contribution is 7.97. The van der Waals surface area contributed by atoms with Crippen LogP contribution in [0, 0.1) is 0 Å². The smallest absolute Gasteiger partial charge is 0.218 e. The Morgan fingerprint density at radius 2 is 1.82 bits per heavy atom. The van der Waals surface area contributed by atoms with Crippen LogP contribution in [0.3, 0.4) is 0 Å². The highest BCUT2D eigenvalue weighted by atomic mass is 32.3. The lowest BCUT2D eigenvalue weighted by Gasteiger charge is -2.35. The Morgan fingerprint density at radius 1 is 1.23 bits per heavy atom. The Balaban J connectivity index is 2.77. The molecule has 0 spiro atoms. The minimum Gasteiger partial charge on any atom is -0.726 e. The number of aliphatic hydroxyl groups excluding tert-OH is 6. The molecule has 7 atom stereocenters. The molecule has 0 aromatic heterocycles. The normalized spacial score (nSPS) is 36.0. The molecule has 12 heteroatoms. The molecule has 132 valence electrons. The summed E-state index contributed by atoms with van der Waals surface area (Å²) in [7, 11) is -6.12. The Hall–Kier alpha value is -0.0200. The number of rotatable bonds is 7. The van der Waals surface area contributed by atoms with Crippen LogP contribution in [0.1, 0.15) is 0 Å². The summed E-state index contributed by atoms with van der Waals surface area (Å²) in [5, 5.41) is 56.3. The molecule has 1 unspecified atom stereocenters. The van der Waals surface area contributed by atoms with E-state index in [0.717, 1.165) is 0 Å². The summed E-state index contributed by atoms with van der Waals surface area (Å²) in [6.07, 6.45) is -7.38. The van der Waals surface area contributed by atoms with Gasteiger partial charge in [0.15, 0.2) is 5.25 Å². The van der Waals surface area contributed by atoms with Gasteiger partial charge in [0, 0.05) is 10.9 Å². The second kappa shape index (κ2) is 8.19. The predicted molar refractivity (Wildman–Crippen MR) is 73.7 cm³/mol. The molecule has 1 aliphatic heterocycles. The second-order valence-corrected chi connectivity index (χ2v) is 8.29. The highest BCUT2D eigenvalue weighted by Crippen LogP contribution is 2.25. The summed E-state index contributed by atoms with van der Waals surface area (Å²) in [4.78, 5) is 0. The first-order valence-electron chi connectivity index (χ1n) is 6.35. The van der Waals surface area contributed by atoms with Gasteiger partial charge < -0.3 is 35.2 Å². The molecule has 0 amide bonds. The van der Waals surface area contributed by atoms with Crippen LogP contribution in [-0.4, -0.2) is 104 Å². The van der Waals surface area contributed by atoms with Crippen molar-refractivity contribution in [1.29, 1.82) is 0 Å². The summed E-state index contributed by atoms with van der Waals surface area (Å²) < 4.78 is 35.6. The van der Waals surface area contributed by atoms with Crippen LogP contribution < -0.4 is 0 Å². The molecule has 0 radical (unpaired) electrons. The van der Waals surface area contributed by atoms with E-state index >= 15 is 0 Å². The average molecular weight is 364 g/mol. The molecule has 22 heavy (non-hydrogen) atoms. The molecule has 0 aromatic carbocycles. The average Bonchev–Trinajstić information content (AvgIpc) is 2.41. The van der Waals surface area contributed by atoms with Gasteiger partial charge in [-0.05, 0) is 0 Å². The van der Waals surface area contributed by atoms with E-state index in [-0.39, 0.29) is 11.5 Å². The molecule has 0 aliphatic carbocycles. The van der Waals surface area contributed by atoms with Crippen molar-refractivity contribution < 1.29 is 47.8 Å². The van der Waals surface area contributed by atoms with Gasteiger partial charge in [0.25, 0.3) is 0 Å². The molecular formula is C10H20O10S2. The lowest BCUT2D eigenvalue weighted by Crippen LogP contribution is -2.59. The summed E-state index contributed by atoms with van der Waals surface area (Å²) in [5.74, 6) is -0.268. The van der Waals surface area contributed by atoms with Gasteiger partial charge in [-0.2, -0.15) is 0 Å². The topological polar surface area (TPSA) is 188 Å². The molecule has 0 bridgehead atoms. The summed E-state index contributed by atoms with van der Waals surface area (Å²) in [6.45, 7) is -1.46. The van der Waals surface area contributed by atoms with Crippen LogP contribution in [0.15, 0.2) is 0 Å². The van der Waals surface area contributed by atoms with Crippen LogP contribution in [0.25, 0.3) is 0 Å². The van der Waals surface area contributed by atoms with Gasteiger partial charge in [-0.1, -0.05) is 0 Å². The van der Waals surface area contributed by atoms with E-state index in [1.54, 1.807) is 0 Å². The van der Waals surface area contributed by atoms with E-state index in [4.69, 9.17) is 5.11 Å². The molecule has 0 saturated carbocycles. The quantitative estimate of drug-likeness (QED) is 0.145. The fourth-order valence-electron chi connectivity index (χ4n) is 2.19. The van der Waals surface area contributed by atoms with Gasteiger partial charge in [0.1, 0.15) is 42.0 Å². The van der Waals surface area contributed by atoms with E-state index in [1.807, 2.05) is 0 Å². The van der Waals surface area contributed by atoms with Gasteiger partial charge >= 0.3 is 0 Å². The van der Waals surface area contributed by atoms with Crippen LogP contribution in [-0.2, 0) is 25.5 Å². The fourth-order valence-corrected chi connectivity index (χ4v) is 5.36. The summed E-state index contributed by atoms with van der Waals surface area (Å²) in [6, 6.07) is 0. The second-order valence-electron chi connectivity index (χ2n) is 4.93. The van der Waals surface area contributed by atoms with Crippen molar-refractivity contribution in [2.24, 2.45) is 0 Å². The van der Waals surface area contributed by atoms with Gasteiger partial charge in [0.2, 0.25) is 10.4 Å². The molecule has 6 N–H and O–H groups in total. The summed E-state index contributed by atoms with van der Waals surface area (Å²) >= 11 is 0. The van der Waals surface area contributed by atoms with E-state index in [1.165, 1.54) is 0 Å². The van der Waals surface area contributed by atoms with Gasteiger partial charge in [0.05, 0.1) is 13.2 Å². The third-order valence-electron chi connectivity index (χ3n) is 3.35. The Bertz CT molecular complexity index is 443. The molecule has 1 saturated heterocycles. The van der Waals surface area contributed by atoms with Crippen molar-refractivity contribution in [2.45, 2.75) is 35.8 Å². The van der Waals surface area contributed by atoms with Crippen molar-refractivity contribution in [3.05, 3.63) is 0 Å². The SMILES string of the molecule is O=S(=O)([O-])O[C@@H](CO)[C@H](O)C[S+]1C[C@H](O)[C@@H](O)[C@H](O)[C@H]1CO. The fraction of sp³-hybridized carbons (Fsp3) is 1.00. The molecule has 10 nitrogen and oxygen atoms in total. The zero-order chi connectivity index (χ0) is 17.1. The number of hydrogen-bond acceptors (Lipinski definition) is 10. The zero-order valence-corrected chi connectivity index (χ0v) is 13.1. The molecule has 1 rings (SSSR count). The number of hydrogen-bond donors (Lipinski definition) is 6. The molecule has 0 aromatic rings. The first kappa shape index (κ1) is 20.0. The highest BCUT2D eigenvalue weighted by Gasteiger charge is 2.50. The summed E-state index contributed by atoms with van der Waals surface area (Å²) in [5.41, 5.74) is 0.